The second-order valence-corrected chi connectivity index (χ2v) is 7.84. The number of carbonyl (C=O) groups excluding carboxylic acids is 2. The minimum Gasteiger partial charge on any atom is -0.340 e. The van der Waals surface area contributed by atoms with Crippen LogP contribution in [0.1, 0.15) is 65.7 Å². The Hall–Kier alpha value is -1.06. The van der Waals surface area contributed by atoms with Crippen LogP contribution in [0, 0.1) is 11.3 Å². The van der Waals surface area contributed by atoms with Crippen LogP contribution in [0.3, 0.4) is 0 Å². The van der Waals surface area contributed by atoms with Crippen molar-refractivity contribution in [1.29, 1.82) is 0 Å². The van der Waals surface area contributed by atoms with Crippen LogP contribution in [0.2, 0.25) is 0 Å². The summed E-state index contributed by atoms with van der Waals surface area (Å²) in [6.07, 6.45) is 7.68. The van der Waals surface area contributed by atoms with E-state index in [9.17, 15) is 9.59 Å². The van der Waals surface area contributed by atoms with Gasteiger partial charge in [0.05, 0.1) is 0 Å². The van der Waals surface area contributed by atoms with Gasteiger partial charge in [-0.05, 0) is 50.4 Å². The number of amides is 2. The van der Waals surface area contributed by atoms with Gasteiger partial charge < -0.3 is 10.2 Å². The minimum atomic E-state index is -0.655. The van der Waals surface area contributed by atoms with Crippen LogP contribution in [-0.2, 0) is 9.59 Å². The van der Waals surface area contributed by atoms with Crippen LogP contribution in [0.5, 0.6) is 0 Å². The third kappa shape index (κ3) is 2.47. The Morgan fingerprint density at radius 3 is 2.33 bits per heavy atom. The summed E-state index contributed by atoms with van der Waals surface area (Å²) < 4.78 is 0. The van der Waals surface area contributed by atoms with Crippen LogP contribution < -0.4 is 5.32 Å². The normalized spacial score (nSPS) is 36.0. The van der Waals surface area contributed by atoms with Gasteiger partial charge in [0.15, 0.2) is 0 Å². The molecular formula is C17H28N2O2. The molecule has 3 aliphatic rings. The second kappa shape index (κ2) is 4.99. The van der Waals surface area contributed by atoms with E-state index < -0.39 is 5.54 Å². The van der Waals surface area contributed by atoms with Gasteiger partial charge in [0.25, 0.3) is 0 Å². The van der Waals surface area contributed by atoms with Crippen molar-refractivity contribution in [2.75, 3.05) is 6.54 Å². The fraction of sp³-hybridized carbons (Fsp3) is 0.882. The SMILES string of the molecule is CCC1C(=O)NC(C)(C2CC2)C(=O)N1CC1(C)CCCC1. The largest absolute Gasteiger partial charge is 0.340 e. The zero-order valence-electron chi connectivity index (χ0n) is 13.6. The minimum absolute atomic E-state index is 0.0492. The monoisotopic (exact) mass is 292 g/mol. The third-order valence-corrected chi connectivity index (χ3v) is 5.91. The Morgan fingerprint density at radius 1 is 1.19 bits per heavy atom. The van der Waals surface area contributed by atoms with E-state index in [0.29, 0.717) is 12.3 Å². The molecule has 1 heterocycles. The first-order valence-corrected chi connectivity index (χ1v) is 8.53. The lowest BCUT2D eigenvalue weighted by atomic mass is 9.83. The molecule has 21 heavy (non-hydrogen) atoms. The van der Waals surface area contributed by atoms with Crippen molar-refractivity contribution in [2.24, 2.45) is 11.3 Å². The number of piperazine rings is 1. The molecule has 0 radical (unpaired) electrons. The third-order valence-electron chi connectivity index (χ3n) is 5.91. The molecular weight excluding hydrogens is 264 g/mol. The Kier molecular flexibility index (Phi) is 3.53. The summed E-state index contributed by atoms with van der Waals surface area (Å²) in [5.41, 5.74) is -0.455. The van der Waals surface area contributed by atoms with E-state index in [1.54, 1.807) is 0 Å². The van der Waals surface area contributed by atoms with Crippen molar-refractivity contribution in [3.63, 3.8) is 0 Å². The van der Waals surface area contributed by atoms with Crippen LogP contribution in [0.4, 0.5) is 0 Å². The maximum absolute atomic E-state index is 13.1. The molecule has 3 fully saturated rings. The van der Waals surface area contributed by atoms with Gasteiger partial charge in [0.1, 0.15) is 11.6 Å². The van der Waals surface area contributed by atoms with Gasteiger partial charge in [-0.2, -0.15) is 0 Å². The predicted octanol–water partition coefficient (Wildman–Crippen LogP) is 2.47. The quantitative estimate of drug-likeness (QED) is 0.865. The molecule has 0 aromatic carbocycles. The second-order valence-electron chi connectivity index (χ2n) is 7.84. The Balaban J connectivity index is 1.85. The molecule has 118 valence electrons. The van der Waals surface area contributed by atoms with Gasteiger partial charge >= 0.3 is 0 Å². The van der Waals surface area contributed by atoms with Crippen molar-refractivity contribution in [3.05, 3.63) is 0 Å². The zero-order valence-corrected chi connectivity index (χ0v) is 13.6. The van der Waals surface area contributed by atoms with Gasteiger partial charge in [0.2, 0.25) is 11.8 Å². The molecule has 0 aromatic heterocycles. The molecule has 4 nitrogen and oxygen atoms in total. The van der Waals surface area contributed by atoms with E-state index in [1.807, 2.05) is 18.7 Å². The molecule has 3 rings (SSSR count). The molecule has 2 unspecified atom stereocenters. The van der Waals surface area contributed by atoms with Gasteiger partial charge in [0, 0.05) is 6.54 Å². The van der Waals surface area contributed by atoms with Crippen molar-refractivity contribution in [2.45, 2.75) is 77.3 Å². The first kappa shape index (κ1) is 14.9. The number of carbonyl (C=O) groups is 2. The van der Waals surface area contributed by atoms with E-state index in [2.05, 4.69) is 12.2 Å². The highest BCUT2D eigenvalue weighted by molar-refractivity contribution is 6.00. The maximum Gasteiger partial charge on any atom is 0.249 e. The number of rotatable bonds is 4. The van der Waals surface area contributed by atoms with Gasteiger partial charge in [-0.25, -0.2) is 0 Å². The van der Waals surface area contributed by atoms with E-state index >= 15 is 0 Å². The van der Waals surface area contributed by atoms with Crippen LogP contribution in [-0.4, -0.2) is 34.8 Å². The lowest BCUT2D eigenvalue weighted by Gasteiger charge is -2.47. The molecule has 2 aliphatic carbocycles. The van der Waals surface area contributed by atoms with Crippen molar-refractivity contribution >= 4 is 11.8 Å². The van der Waals surface area contributed by atoms with E-state index in [0.717, 1.165) is 19.4 Å². The molecule has 4 heteroatoms. The first-order valence-electron chi connectivity index (χ1n) is 8.53. The summed E-state index contributed by atoms with van der Waals surface area (Å²) in [6, 6.07) is -0.276. The summed E-state index contributed by atoms with van der Waals surface area (Å²) in [6.45, 7) is 6.96. The average Bonchev–Trinajstić information content (AvgIpc) is 3.20. The molecule has 1 N–H and O–H groups in total. The standard InChI is InChI=1S/C17H28N2O2/c1-4-13-14(20)18-17(3,12-7-8-12)15(21)19(13)11-16(2)9-5-6-10-16/h12-13H,4-11H2,1-3H3,(H,18,20). The van der Waals surface area contributed by atoms with Gasteiger partial charge in [-0.1, -0.05) is 26.7 Å². The fourth-order valence-electron chi connectivity index (χ4n) is 4.30. The molecule has 2 saturated carbocycles. The van der Waals surface area contributed by atoms with Crippen molar-refractivity contribution in [1.82, 2.24) is 10.2 Å². The summed E-state index contributed by atoms with van der Waals surface area (Å²) in [5, 5.41) is 3.04. The fourth-order valence-corrected chi connectivity index (χ4v) is 4.30. The van der Waals surface area contributed by atoms with Crippen molar-refractivity contribution in [3.8, 4) is 0 Å². The summed E-state index contributed by atoms with van der Waals surface area (Å²) in [7, 11) is 0. The Morgan fingerprint density at radius 2 is 1.81 bits per heavy atom. The van der Waals surface area contributed by atoms with Crippen LogP contribution in [0.25, 0.3) is 0 Å². The zero-order chi connectivity index (χ0) is 15.3. The summed E-state index contributed by atoms with van der Waals surface area (Å²) >= 11 is 0. The lowest BCUT2D eigenvalue weighted by molar-refractivity contribution is -0.157. The summed E-state index contributed by atoms with van der Waals surface area (Å²) in [4.78, 5) is 27.5. The predicted molar refractivity (Wildman–Crippen MR) is 81.6 cm³/mol. The highest BCUT2D eigenvalue weighted by atomic mass is 16.2. The molecule has 0 spiro atoms. The number of nitrogens with zero attached hydrogens (tertiary/aromatic N) is 1. The van der Waals surface area contributed by atoms with Crippen molar-refractivity contribution < 1.29 is 9.59 Å². The van der Waals surface area contributed by atoms with Gasteiger partial charge in [-0.15, -0.1) is 0 Å². The van der Waals surface area contributed by atoms with Crippen LogP contribution >= 0.6 is 0 Å². The highest BCUT2D eigenvalue weighted by Gasteiger charge is 2.55. The average molecular weight is 292 g/mol. The number of nitrogens with one attached hydrogen (secondary N) is 1. The molecule has 1 saturated heterocycles. The molecule has 2 amide bonds. The maximum atomic E-state index is 13.1. The molecule has 0 aromatic rings. The molecule has 1 aliphatic heterocycles. The number of hydrogen-bond acceptors (Lipinski definition) is 2. The van der Waals surface area contributed by atoms with Crippen LogP contribution in [0.15, 0.2) is 0 Å². The van der Waals surface area contributed by atoms with E-state index in [-0.39, 0.29) is 23.3 Å². The smallest absolute Gasteiger partial charge is 0.249 e. The highest BCUT2D eigenvalue weighted by Crippen LogP contribution is 2.44. The number of hydrogen-bond donors (Lipinski definition) is 1. The molecule has 2 atom stereocenters. The van der Waals surface area contributed by atoms with E-state index in [4.69, 9.17) is 0 Å². The topological polar surface area (TPSA) is 49.4 Å². The molecule has 0 bridgehead atoms. The summed E-state index contributed by atoms with van der Waals surface area (Å²) in [5.74, 6) is 0.545. The Bertz CT molecular complexity index is 452. The van der Waals surface area contributed by atoms with Gasteiger partial charge in [-0.3, -0.25) is 9.59 Å². The first-order chi connectivity index (χ1) is 9.89. The Labute approximate surface area is 127 Å². The lowest BCUT2D eigenvalue weighted by Crippen LogP contribution is -2.70. The van der Waals surface area contributed by atoms with E-state index in [1.165, 1.54) is 25.7 Å².